The zero-order valence-corrected chi connectivity index (χ0v) is 15.7. The second-order valence-corrected chi connectivity index (χ2v) is 7.75. The number of ether oxygens (including phenoxy) is 1. The third-order valence-electron chi connectivity index (χ3n) is 5.46. The topological polar surface area (TPSA) is 41.6 Å². The quantitative estimate of drug-likeness (QED) is 0.874. The van der Waals surface area contributed by atoms with Crippen molar-refractivity contribution in [2.45, 2.75) is 12.5 Å². The van der Waals surface area contributed by atoms with E-state index in [-0.39, 0.29) is 17.8 Å². The number of halogens is 2. The Morgan fingerprint density at radius 3 is 2.63 bits per heavy atom. The van der Waals surface area contributed by atoms with Gasteiger partial charge in [-0.25, -0.2) is 4.39 Å². The molecule has 1 atom stereocenters. The lowest BCUT2D eigenvalue weighted by atomic mass is 9.74. The molecule has 2 saturated heterocycles. The molecule has 0 bridgehead atoms. The molecule has 27 heavy (non-hydrogen) atoms. The summed E-state index contributed by atoms with van der Waals surface area (Å²) in [6, 6.07) is 14.2. The number of nitrogens with one attached hydrogen (secondary N) is 1. The first-order valence-electron chi connectivity index (χ1n) is 9.18. The van der Waals surface area contributed by atoms with E-state index in [2.05, 4.69) is 5.32 Å². The molecule has 4 nitrogen and oxygen atoms in total. The van der Waals surface area contributed by atoms with E-state index < -0.39 is 5.41 Å². The van der Waals surface area contributed by atoms with Gasteiger partial charge in [-0.3, -0.25) is 4.79 Å². The van der Waals surface area contributed by atoms with Gasteiger partial charge in [-0.15, -0.1) is 0 Å². The van der Waals surface area contributed by atoms with Crippen molar-refractivity contribution in [1.82, 2.24) is 10.2 Å². The van der Waals surface area contributed by atoms with Crippen molar-refractivity contribution < 1.29 is 13.9 Å². The summed E-state index contributed by atoms with van der Waals surface area (Å²) in [7, 11) is 0. The second kappa shape index (κ2) is 7.58. The van der Waals surface area contributed by atoms with Gasteiger partial charge in [0, 0.05) is 24.7 Å². The van der Waals surface area contributed by atoms with Crippen molar-refractivity contribution in [3.63, 3.8) is 0 Å². The van der Waals surface area contributed by atoms with Crippen molar-refractivity contribution in [1.29, 1.82) is 0 Å². The predicted octanol–water partition coefficient (Wildman–Crippen LogP) is 3.21. The number of carbonyl (C=O) groups excluding carboxylic acids is 1. The fourth-order valence-corrected chi connectivity index (χ4v) is 3.96. The molecule has 0 saturated carbocycles. The molecule has 2 aromatic carbocycles. The van der Waals surface area contributed by atoms with E-state index in [1.165, 1.54) is 6.07 Å². The van der Waals surface area contributed by atoms with E-state index >= 15 is 0 Å². The van der Waals surface area contributed by atoms with Crippen molar-refractivity contribution in [2.24, 2.45) is 5.41 Å². The maximum atomic E-state index is 14.1. The number of carbonyl (C=O) groups is 1. The van der Waals surface area contributed by atoms with Crippen molar-refractivity contribution in [3.8, 4) is 0 Å². The van der Waals surface area contributed by atoms with Crippen LogP contribution >= 0.6 is 11.6 Å². The van der Waals surface area contributed by atoms with Gasteiger partial charge >= 0.3 is 0 Å². The summed E-state index contributed by atoms with van der Waals surface area (Å²) >= 11 is 5.96. The standard InChI is InChI=1S/C21H22ClFN2O2/c22-17-7-5-15(6-8-17)19-12-25(9-10-27-19)20(26)21(13-24-14-21)11-16-3-1-2-4-18(16)23/h1-8,19,24H,9-14H2. The lowest BCUT2D eigenvalue weighted by Crippen LogP contribution is -2.64. The average molecular weight is 389 g/mol. The number of hydrogen-bond donors (Lipinski definition) is 1. The number of amides is 1. The van der Waals surface area contributed by atoms with Gasteiger partial charge in [0.15, 0.2) is 0 Å². The highest BCUT2D eigenvalue weighted by Gasteiger charge is 2.47. The second-order valence-electron chi connectivity index (χ2n) is 7.31. The van der Waals surface area contributed by atoms with Crippen LogP contribution in [0.15, 0.2) is 48.5 Å². The molecule has 142 valence electrons. The summed E-state index contributed by atoms with van der Waals surface area (Å²) in [6.07, 6.45) is 0.243. The number of hydrogen-bond acceptors (Lipinski definition) is 3. The molecule has 2 aromatic rings. The molecule has 2 aliphatic rings. The highest BCUT2D eigenvalue weighted by atomic mass is 35.5. The molecular formula is C21H22ClFN2O2. The summed E-state index contributed by atoms with van der Waals surface area (Å²) in [5.41, 5.74) is 1.02. The zero-order valence-electron chi connectivity index (χ0n) is 15.0. The van der Waals surface area contributed by atoms with Crippen LogP contribution in [0.4, 0.5) is 4.39 Å². The van der Waals surface area contributed by atoms with E-state index in [1.807, 2.05) is 35.2 Å². The van der Waals surface area contributed by atoms with Crippen LogP contribution in [0.25, 0.3) is 0 Å². The van der Waals surface area contributed by atoms with Gasteiger partial charge in [-0.1, -0.05) is 41.9 Å². The van der Waals surface area contributed by atoms with E-state index in [9.17, 15) is 9.18 Å². The predicted molar refractivity (Wildman–Crippen MR) is 102 cm³/mol. The largest absolute Gasteiger partial charge is 0.370 e. The zero-order chi connectivity index (χ0) is 18.9. The van der Waals surface area contributed by atoms with E-state index in [0.29, 0.717) is 49.8 Å². The van der Waals surface area contributed by atoms with Crippen LogP contribution in [0, 0.1) is 11.2 Å². The Morgan fingerprint density at radius 1 is 1.22 bits per heavy atom. The van der Waals surface area contributed by atoms with Crippen LogP contribution in [0.2, 0.25) is 5.02 Å². The molecule has 1 unspecified atom stereocenters. The van der Waals surface area contributed by atoms with Gasteiger partial charge in [0.25, 0.3) is 0 Å². The first-order chi connectivity index (χ1) is 13.1. The maximum absolute atomic E-state index is 14.1. The van der Waals surface area contributed by atoms with Crippen LogP contribution in [0.3, 0.4) is 0 Å². The molecule has 1 N–H and O–H groups in total. The lowest BCUT2D eigenvalue weighted by Gasteiger charge is -2.46. The molecule has 2 aliphatic heterocycles. The van der Waals surface area contributed by atoms with Gasteiger partial charge in [0.05, 0.1) is 18.6 Å². The van der Waals surface area contributed by atoms with Crippen LogP contribution in [0.5, 0.6) is 0 Å². The monoisotopic (exact) mass is 388 g/mol. The summed E-state index contributed by atoms with van der Waals surface area (Å²) in [5, 5.41) is 3.87. The lowest BCUT2D eigenvalue weighted by molar-refractivity contribution is -0.153. The molecule has 0 aliphatic carbocycles. The first kappa shape index (κ1) is 18.4. The summed E-state index contributed by atoms with van der Waals surface area (Å²) < 4.78 is 20.0. The van der Waals surface area contributed by atoms with Gasteiger partial charge in [-0.05, 0) is 35.7 Å². The fourth-order valence-electron chi connectivity index (χ4n) is 3.83. The third kappa shape index (κ3) is 3.72. The molecule has 1 amide bonds. The van der Waals surface area contributed by atoms with Crippen LogP contribution in [-0.2, 0) is 16.0 Å². The van der Waals surface area contributed by atoms with Crippen molar-refractivity contribution >= 4 is 17.5 Å². The van der Waals surface area contributed by atoms with Gasteiger partial charge in [-0.2, -0.15) is 0 Å². The smallest absolute Gasteiger partial charge is 0.231 e. The Hall–Kier alpha value is -1.95. The molecule has 6 heteroatoms. The van der Waals surface area contributed by atoms with Gasteiger partial charge in [0.2, 0.25) is 5.91 Å². The highest BCUT2D eigenvalue weighted by Crippen LogP contribution is 2.33. The number of rotatable bonds is 4. The van der Waals surface area contributed by atoms with Crippen molar-refractivity contribution in [2.75, 3.05) is 32.8 Å². The summed E-state index contributed by atoms with van der Waals surface area (Å²) in [6.45, 7) is 2.69. The minimum absolute atomic E-state index is 0.0757. The van der Waals surface area contributed by atoms with E-state index in [0.717, 1.165) is 5.56 Å². The minimum Gasteiger partial charge on any atom is -0.370 e. The van der Waals surface area contributed by atoms with Crippen molar-refractivity contribution in [3.05, 3.63) is 70.5 Å². The van der Waals surface area contributed by atoms with E-state index in [1.54, 1.807) is 12.1 Å². The SMILES string of the molecule is O=C(N1CCOC(c2ccc(Cl)cc2)C1)C1(Cc2ccccc2F)CNC1. The van der Waals surface area contributed by atoms with Gasteiger partial charge < -0.3 is 15.0 Å². The number of nitrogens with zero attached hydrogens (tertiary/aromatic N) is 1. The Bertz CT molecular complexity index is 823. The number of benzene rings is 2. The Kier molecular flexibility index (Phi) is 5.17. The first-order valence-corrected chi connectivity index (χ1v) is 9.56. The minimum atomic E-state index is -0.579. The molecule has 0 aromatic heterocycles. The Balaban J connectivity index is 1.50. The Morgan fingerprint density at radius 2 is 1.96 bits per heavy atom. The number of morpholine rings is 1. The van der Waals surface area contributed by atoms with Gasteiger partial charge in [0.1, 0.15) is 11.9 Å². The normalized spacial score (nSPS) is 21.6. The average Bonchev–Trinajstić information content (AvgIpc) is 2.66. The van der Waals surface area contributed by atoms with Crippen LogP contribution in [0.1, 0.15) is 17.2 Å². The molecule has 2 fully saturated rings. The molecule has 2 heterocycles. The van der Waals surface area contributed by atoms with Crippen LogP contribution in [-0.4, -0.2) is 43.6 Å². The summed E-state index contributed by atoms with van der Waals surface area (Å²) in [5.74, 6) is -0.177. The molecule has 0 radical (unpaired) electrons. The third-order valence-corrected chi connectivity index (χ3v) is 5.71. The van der Waals surface area contributed by atoms with E-state index in [4.69, 9.17) is 16.3 Å². The maximum Gasteiger partial charge on any atom is 0.231 e. The molecular weight excluding hydrogens is 367 g/mol. The molecule has 0 spiro atoms. The Labute approximate surface area is 163 Å². The fraction of sp³-hybridized carbons (Fsp3) is 0.381. The summed E-state index contributed by atoms with van der Waals surface area (Å²) in [4.78, 5) is 15.2. The molecule has 4 rings (SSSR count). The van der Waals surface area contributed by atoms with Crippen LogP contribution < -0.4 is 5.32 Å². The highest BCUT2D eigenvalue weighted by molar-refractivity contribution is 6.30.